The number of aromatic nitrogens is 1. The van der Waals surface area contributed by atoms with E-state index in [2.05, 4.69) is 17.0 Å². The molecule has 0 spiro atoms. The maximum absolute atomic E-state index is 13.3. The Labute approximate surface area is 194 Å². The van der Waals surface area contributed by atoms with Gasteiger partial charge in [-0.3, -0.25) is 9.69 Å². The van der Waals surface area contributed by atoms with Crippen molar-refractivity contribution in [3.8, 4) is 5.69 Å². The Bertz CT molecular complexity index is 1250. The second-order valence-corrected chi connectivity index (χ2v) is 10.2. The van der Waals surface area contributed by atoms with Crippen LogP contribution in [0.2, 0.25) is 0 Å². The summed E-state index contributed by atoms with van der Waals surface area (Å²) in [4.78, 5) is 15.5. The first kappa shape index (κ1) is 23.4. The molecule has 2 atom stereocenters. The zero-order valence-corrected chi connectivity index (χ0v) is 19.9. The van der Waals surface area contributed by atoms with E-state index in [1.54, 1.807) is 12.1 Å². The predicted molar refractivity (Wildman–Crippen MR) is 127 cm³/mol. The number of ketones is 1. The van der Waals surface area contributed by atoms with Crippen LogP contribution < -0.4 is 5.14 Å². The number of hydrogen-bond donors (Lipinski definition) is 1. The van der Waals surface area contributed by atoms with Crippen molar-refractivity contribution in [2.24, 2.45) is 5.14 Å². The van der Waals surface area contributed by atoms with E-state index >= 15 is 0 Å². The van der Waals surface area contributed by atoms with Gasteiger partial charge in [0, 0.05) is 35.7 Å². The molecule has 7 nitrogen and oxygen atoms in total. The van der Waals surface area contributed by atoms with Crippen molar-refractivity contribution in [3.05, 3.63) is 83.2 Å². The summed E-state index contributed by atoms with van der Waals surface area (Å²) >= 11 is 0. The van der Waals surface area contributed by atoms with Crippen LogP contribution in [0, 0.1) is 13.8 Å². The lowest BCUT2D eigenvalue weighted by Gasteiger charge is -2.36. The van der Waals surface area contributed by atoms with Gasteiger partial charge in [0.15, 0.2) is 5.78 Å². The van der Waals surface area contributed by atoms with Gasteiger partial charge in [-0.1, -0.05) is 30.3 Å². The fourth-order valence-corrected chi connectivity index (χ4v) is 5.05. The van der Waals surface area contributed by atoms with E-state index in [4.69, 9.17) is 9.88 Å². The van der Waals surface area contributed by atoms with Gasteiger partial charge in [0.2, 0.25) is 10.0 Å². The molecular formula is C25H29N3O4S. The number of nitrogens with two attached hydrogens (primary N) is 1. The second kappa shape index (κ2) is 9.23. The number of hydrogen-bond acceptors (Lipinski definition) is 5. The molecule has 1 aliphatic rings. The molecule has 0 amide bonds. The molecule has 0 bridgehead atoms. The van der Waals surface area contributed by atoms with Gasteiger partial charge < -0.3 is 9.30 Å². The normalized spacial score (nSPS) is 19.5. The summed E-state index contributed by atoms with van der Waals surface area (Å²) in [5.74, 6) is 0.0522. The molecule has 33 heavy (non-hydrogen) atoms. The van der Waals surface area contributed by atoms with E-state index in [0.29, 0.717) is 25.2 Å². The van der Waals surface area contributed by atoms with Crippen LogP contribution in [0.5, 0.6) is 0 Å². The molecular weight excluding hydrogens is 438 g/mol. The first-order valence-corrected chi connectivity index (χ1v) is 12.5. The van der Waals surface area contributed by atoms with Crippen LogP contribution in [-0.2, 0) is 14.8 Å². The number of nitrogens with zero attached hydrogens (tertiary/aromatic N) is 2. The van der Waals surface area contributed by atoms with Crippen molar-refractivity contribution >= 4 is 15.8 Å². The van der Waals surface area contributed by atoms with Crippen LogP contribution in [0.4, 0.5) is 0 Å². The number of carbonyl (C=O) groups is 1. The number of sulfonamides is 1. The Morgan fingerprint density at radius 2 is 1.73 bits per heavy atom. The molecule has 2 aromatic carbocycles. The highest BCUT2D eigenvalue weighted by atomic mass is 32.2. The Hall–Kier alpha value is -2.78. The molecule has 2 N–H and O–H groups in total. The molecule has 174 valence electrons. The Morgan fingerprint density at radius 1 is 1.06 bits per heavy atom. The number of carbonyl (C=O) groups excluding carboxylic acids is 1. The number of aryl methyl sites for hydroxylation is 1. The van der Waals surface area contributed by atoms with E-state index < -0.39 is 10.0 Å². The summed E-state index contributed by atoms with van der Waals surface area (Å²) < 4.78 is 31.2. The van der Waals surface area contributed by atoms with Crippen LogP contribution >= 0.6 is 0 Å². The molecule has 0 radical (unpaired) electrons. The molecule has 0 saturated carbocycles. The zero-order valence-electron chi connectivity index (χ0n) is 19.1. The minimum Gasteiger partial charge on any atom is -0.368 e. The third kappa shape index (κ3) is 5.09. The first-order chi connectivity index (χ1) is 15.6. The lowest BCUT2D eigenvalue weighted by molar-refractivity contribution is -0.0762. The number of Topliss-reactive ketones (excluding diaryl/α,β-unsaturated/α-hetero) is 1. The minimum absolute atomic E-state index is 0.0292. The number of rotatable bonds is 6. The number of ether oxygens (including phenoxy) is 1. The standard InChI is InChI=1S/C25H29N3O4S/c1-17-13-23(19(3)28(17)21-9-11-22(12-10-21)33(26,30)31)24(29)15-27-14-18(2)32-25(16-27)20-7-5-4-6-8-20/h4-13,18,25H,14-16H2,1-3H3,(H2,26,30,31). The van der Waals surface area contributed by atoms with Crippen LogP contribution in [0.25, 0.3) is 5.69 Å². The third-order valence-corrected chi connectivity index (χ3v) is 6.96. The fraction of sp³-hybridized carbons (Fsp3) is 0.320. The molecule has 1 aromatic heterocycles. The smallest absolute Gasteiger partial charge is 0.238 e. The summed E-state index contributed by atoms with van der Waals surface area (Å²) in [6, 6.07) is 18.3. The Balaban J connectivity index is 1.53. The van der Waals surface area contributed by atoms with Gasteiger partial charge in [-0.2, -0.15) is 0 Å². The van der Waals surface area contributed by atoms with Crippen LogP contribution in [0.15, 0.2) is 65.6 Å². The van der Waals surface area contributed by atoms with Gasteiger partial charge in [0.25, 0.3) is 0 Å². The topological polar surface area (TPSA) is 94.6 Å². The number of primary sulfonamides is 1. The fourth-order valence-electron chi connectivity index (χ4n) is 4.54. The van der Waals surface area contributed by atoms with Crippen LogP contribution in [-0.4, -0.2) is 49.4 Å². The lowest BCUT2D eigenvalue weighted by atomic mass is 10.1. The summed E-state index contributed by atoms with van der Waals surface area (Å²) in [7, 11) is -3.75. The summed E-state index contributed by atoms with van der Waals surface area (Å²) in [6.07, 6.45) is -0.0333. The van der Waals surface area contributed by atoms with E-state index in [1.165, 1.54) is 12.1 Å². The van der Waals surface area contributed by atoms with E-state index in [0.717, 1.165) is 22.6 Å². The lowest BCUT2D eigenvalue weighted by Crippen LogP contribution is -2.45. The molecule has 1 aliphatic heterocycles. The molecule has 4 rings (SSSR count). The predicted octanol–water partition coefficient (Wildman–Crippen LogP) is 3.39. The van der Waals surface area contributed by atoms with Gasteiger partial charge in [-0.15, -0.1) is 0 Å². The van der Waals surface area contributed by atoms with Crippen LogP contribution in [0.3, 0.4) is 0 Å². The molecule has 1 saturated heterocycles. The quantitative estimate of drug-likeness (QED) is 0.561. The van der Waals surface area contributed by atoms with E-state index in [-0.39, 0.29) is 22.9 Å². The molecule has 8 heteroatoms. The Kier molecular flexibility index (Phi) is 6.54. The van der Waals surface area contributed by atoms with Crippen molar-refractivity contribution < 1.29 is 17.9 Å². The van der Waals surface area contributed by atoms with Crippen molar-refractivity contribution in [2.75, 3.05) is 19.6 Å². The SMILES string of the molecule is Cc1cc(C(=O)CN2CC(C)OC(c3ccccc3)C2)c(C)n1-c1ccc(S(N)(=O)=O)cc1. The molecule has 2 unspecified atom stereocenters. The molecule has 1 fully saturated rings. The number of benzene rings is 2. The molecule has 3 aromatic rings. The highest BCUT2D eigenvalue weighted by molar-refractivity contribution is 7.89. The minimum atomic E-state index is -3.75. The van der Waals surface area contributed by atoms with Gasteiger partial charge in [0.1, 0.15) is 0 Å². The van der Waals surface area contributed by atoms with Crippen molar-refractivity contribution in [3.63, 3.8) is 0 Å². The summed E-state index contributed by atoms with van der Waals surface area (Å²) in [6.45, 7) is 7.54. The summed E-state index contributed by atoms with van der Waals surface area (Å²) in [5, 5.41) is 5.20. The largest absolute Gasteiger partial charge is 0.368 e. The third-order valence-electron chi connectivity index (χ3n) is 6.03. The maximum atomic E-state index is 13.3. The first-order valence-electron chi connectivity index (χ1n) is 10.9. The van der Waals surface area contributed by atoms with Gasteiger partial charge >= 0.3 is 0 Å². The average Bonchev–Trinajstić information content (AvgIpc) is 3.07. The molecule has 0 aliphatic carbocycles. The van der Waals surface area contributed by atoms with Crippen LogP contribution in [0.1, 0.15) is 40.3 Å². The van der Waals surface area contributed by atoms with Crippen molar-refractivity contribution in [2.45, 2.75) is 37.9 Å². The highest BCUT2D eigenvalue weighted by Gasteiger charge is 2.28. The Morgan fingerprint density at radius 3 is 2.36 bits per heavy atom. The van der Waals surface area contributed by atoms with Gasteiger partial charge in [0.05, 0.1) is 23.6 Å². The van der Waals surface area contributed by atoms with Crippen molar-refractivity contribution in [1.29, 1.82) is 0 Å². The highest BCUT2D eigenvalue weighted by Crippen LogP contribution is 2.26. The number of morpholine rings is 1. The molecule has 2 heterocycles. The maximum Gasteiger partial charge on any atom is 0.238 e. The van der Waals surface area contributed by atoms with E-state index in [1.807, 2.05) is 49.6 Å². The van der Waals surface area contributed by atoms with Crippen molar-refractivity contribution in [1.82, 2.24) is 9.47 Å². The zero-order chi connectivity index (χ0) is 23.8. The summed E-state index contributed by atoms with van der Waals surface area (Å²) in [5.41, 5.74) is 4.28. The van der Waals surface area contributed by atoms with E-state index in [9.17, 15) is 13.2 Å². The monoisotopic (exact) mass is 467 g/mol. The van der Waals surface area contributed by atoms with Gasteiger partial charge in [-0.05, 0) is 56.7 Å². The average molecular weight is 468 g/mol. The van der Waals surface area contributed by atoms with Gasteiger partial charge in [-0.25, -0.2) is 13.6 Å². The second-order valence-electron chi connectivity index (χ2n) is 8.62.